The summed E-state index contributed by atoms with van der Waals surface area (Å²) in [5, 5.41) is 3.00. The molecule has 0 aliphatic carbocycles. The molecular formula is C12H19NO. The average Bonchev–Trinajstić information content (AvgIpc) is 2.31. The van der Waals surface area contributed by atoms with Crippen LogP contribution in [-0.4, -0.2) is 12.8 Å². The summed E-state index contributed by atoms with van der Waals surface area (Å²) in [6.07, 6.45) is 0.568. The molecule has 14 heavy (non-hydrogen) atoms. The van der Waals surface area contributed by atoms with Crippen LogP contribution < -0.4 is 5.32 Å². The molecule has 78 valence electrons. The molecule has 2 heteroatoms. The molecule has 0 spiro atoms. The second-order valence-corrected chi connectivity index (χ2v) is 2.60. The fraction of sp³-hybridized carbons (Fsp3) is 0.417. The van der Waals surface area contributed by atoms with E-state index < -0.39 is 0 Å². The Balaban J connectivity index is 0.000000791. The van der Waals surface area contributed by atoms with E-state index in [1.165, 1.54) is 0 Å². The molecule has 1 aromatic carbocycles. The summed E-state index contributed by atoms with van der Waals surface area (Å²) in [4.78, 5) is 11.2. The van der Waals surface area contributed by atoms with Gasteiger partial charge >= 0.3 is 0 Å². The number of rotatable bonds is 3. The number of Topliss-reactive ketones (excluding diaryl/α,β-unsaturated/α-hetero) is 1. The van der Waals surface area contributed by atoms with Crippen LogP contribution in [0, 0.1) is 0 Å². The lowest BCUT2D eigenvalue weighted by molar-refractivity contribution is 0.0988. The van der Waals surface area contributed by atoms with Crippen molar-refractivity contribution in [2.75, 3.05) is 12.4 Å². The van der Waals surface area contributed by atoms with Crippen LogP contribution in [0.25, 0.3) is 0 Å². The second-order valence-electron chi connectivity index (χ2n) is 2.60. The number of carbonyl (C=O) groups excluding carboxylic acids is 1. The number of nitrogens with one attached hydrogen (secondary N) is 1. The molecule has 2 nitrogen and oxygen atoms in total. The Hall–Kier alpha value is -1.31. The third kappa shape index (κ3) is 3.60. The predicted molar refractivity (Wildman–Crippen MR) is 62.0 cm³/mol. The van der Waals surface area contributed by atoms with Crippen LogP contribution in [0.2, 0.25) is 0 Å². The summed E-state index contributed by atoms with van der Waals surface area (Å²) in [5.41, 5.74) is 1.82. The Kier molecular flexibility index (Phi) is 6.46. The molecule has 0 fully saturated rings. The highest BCUT2D eigenvalue weighted by Crippen LogP contribution is 2.09. The van der Waals surface area contributed by atoms with Crippen molar-refractivity contribution in [1.82, 2.24) is 0 Å². The summed E-state index contributed by atoms with van der Waals surface area (Å²) in [6, 6.07) is 7.50. The van der Waals surface area contributed by atoms with Crippen molar-refractivity contribution >= 4 is 11.5 Å². The first-order valence-corrected chi connectivity index (χ1v) is 5.09. The second kappa shape index (κ2) is 7.13. The molecule has 0 unspecified atom stereocenters. The molecule has 0 aliphatic heterocycles. The van der Waals surface area contributed by atoms with Crippen LogP contribution in [0.4, 0.5) is 5.69 Å². The fourth-order valence-electron chi connectivity index (χ4n) is 1.03. The minimum atomic E-state index is 0.192. The van der Waals surface area contributed by atoms with Crippen LogP contribution >= 0.6 is 0 Å². The van der Waals surface area contributed by atoms with Gasteiger partial charge in [0.1, 0.15) is 0 Å². The van der Waals surface area contributed by atoms with E-state index in [-0.39, 0.29) is 5.78 Å². The quantitative estimate of drug-likeness (QED) is 0.746. The third-order valence-corrected chi connectivity index (χ3v) is 1.82. The topological polar surface area (TPSA) is 29.1 Å². The molecule has 1 N–H and O–H groups in total. The van der Waals surface area contributed by atoms with Crippen molar-refractivity contribution in [2.24, 2.45) is 0 Å². The van der Waals surface area contributed by atoms with E-state index in [1.54, 1.807) is 0 Å². The van der Waals surface area contributed by atoms with Gasteiger partial charge in [-0.25, -0.2) is 0 Å². The van der Waals surface area contributed by atoms with Gasteiger partial charge in [0, 0.05) is 24.7 Å². The first kappa shape index (κ1) is 12.7. The van der Waals surface area contributed by atoms with E-state index in [0.29, 0.717) is 6.42 Å². The van der Waals surface area contributed by atoms with E-state index in [2.05, 4.69) is 5.32 Å². The first-order valence-electron chi connectivity index (χ1n) is 5.09. The van der Waals surface area contributed by atoms with E-state index in [1.807, 2.05) is 52.1 Å². The Morgan fingerprint density at radius 2 is 1.71 bits per heavy atom. The molecule has 0 saturated heterocycles. The number of benzene rings is 1. The van der Waals surface area contributed by atoms with Gasteiger partial charge in [-0.2, -0.15) is 0 Å². The van der Waals surface area contributed by atoms with E-state index in [4.69, 9.17) is 0 Å². The van der Waals surface area contributed by atoms with Gasteiger partial charge in [0.2, 0.25) is 0 Å². The SMILES string of the molecule is CC.CCC(=O)c1ccc(NC)cc1. The molecule has 0 amide bonds. The minimum Gasteiger partial charge on any atom is -0.388 e. The van der Waals surface area contributed by atoms with E-state index in [0.717, 1.165) is 11.3 Å². The predicted octanol–water partition coefficient (Wildman–Crippen LogP) is 3.35. The molecular weight excluding hydrogens is 174 g/mol. The summed E-state index contributed by atoms with van der Waals surface area (Å²) in [6.45, 7) is 5.87. The Bertz CT molecular complexity index is 264. The highest BCUT2D eigenvalue weighted by Gasteiger charge is 2.00. The van der Waals surface area contributed by atoms with E-state index >= 15 is 0 Å². The summed E-state index contributed by atoms with van der Waals surface area (Å²) >= 11 is 0. The summed E-state index contributed by atoms with van der Waals surface area (Å²) < 4.78 is 0. The highest BCUT2D eigenvalue weighted by atomic mass is 16.1. The molecule has 0 atom stereocenters. The molecule has 0 radical (unpaired) electrons. The molecule has 0 bridgehead atoms. The normalized spacial score (nSPS) is 8.57. The van der Waals surface area contributed by atoms with E-state index in [9.17, 15) is 4.79 Å². The van der Waals surface area contributed by atoms with Gasteiger partial charge in [-0.3, -0.25) is 4.79 Å². The van der Waals surface area contributed by atoms with Crippen LogP contribution in [0.1, 0.15) is 37.6 Å². The largest absolute Gasteiger partial charge is 0.388 e. The Morgan fingerprint density at radius 3 is 2.07 bits per heavy atom. The van der Waals surface area contributed by atoms with Crippen molar-refractivity contribution in [3.63, 3.8) is 0 Å². The maximum absolute atomic E-state index is 11.2. The standard InChI is InChI=1S/C10H13NO.C2H6/c1-3-10(12)8-4-6-9(11-2)7-5-8;1-2/h4-7,11H,3H2,1-2H3;1-2H3. The lowest BCUT2D eigenvalue weighted by atomic mass is 10.1. The van der Waals surface area contributed by atoms with Gasteiger partial charge in [0.05, 0.1) is 0 Å². The van der Waals surface area contributed by atoms with Gasteiger partial charge in [-0.15, -0.1) is 0 Å². The number of hydrogen-bond donors (Lipinski definition) is 1. The lowest BCUT2D eigenvalue weighted by Crippen LogP contribution is -1.96. The van der Waals surface area contributed by atoms with Crippen LogP contribution in [0.15, 0.2) is 24.3 Å². The zero-order chi connectivity index (χ0) is 11.0. The molecule has 0 aliphatic rings. The zero-order valence-electron chi connectivity index (χ0n) is 9.42. The summed E-state index contributed by atoms with van der Waals surface area (Å²) in [7, 11) is 1.86. The average molecular weight is 193 g/mol. The Morgan fingerprint density at radius 1 is 1.21 bits per heavy atom. The summed E-state index contributed by atoms with van der Waals surface area (Å²) in [5.74, 6) is 0.192. The Labute approximate surface area is 86.3 Å². The minimum absolute atomic E-state index is 0.192. The van der Waals surface area contributed by atoms with Crippen molar-refractivity contribution in [3.05, 3.63) is 29.8 Å². The van der Waals surface area contributed by atoms with Gasteiger partial charge in [0.15, 0.2) is 5.78 Å². The molecule has 0 aromatic heterocycles. The van der Waals surface area contributed by atoms with Gasteiger partial charge in [-0.05, 0) is 24.3 Å². The van der Waals surface area contributed by atoms with Gasteiger partial charge in [-0.1, -0.05) is 20.8 Å². The maximum Gasteiger partial charge on any atom is 0.162 e. The number of ketones is 1. The molecule has 1 aromatic rings. The van der Waals surface area contributed by atoms with Crippen molar-refractivity contribution in [3.8, 4) is 0 Å². The maximum atomic E-state index is 11.2. The monoisotopic (exact) mass is 193 g/mol. The first-order chi connectivity index (χ1) is 6.77. The smallest absolute Gasteiger partial charge is 0.162 e. The van der Waals surface area contributed by atoms with Gasteiger partial charge < -0.3 is 5.32 Å². The van der Waals surface area contributed by atoms with Crippen LogP contribution in [0.3, 0.4) is 0 Å². The van der Waals surface area contributed by atoms with Crippen LogP contribution in [0.5, 0.6) is 0 Å². The number of anilines is 1. The number of carbonyl (C=O) groups is 1. The zero-order valence-corrected chi connectivity index (χ0v) is 9.42. The van der Waals surface area contributed by atoms with Crippen LogP contribution in [-0.2, 0) is 0 Å². The molecule has 0 heterocycles. The highest BCUT2D eigenvalue weighted by molar-refractivity contribution is 5.96. The fourth-order valence-corrected chi connectivity index (χ4v) is 1.03. The lowest BCUT2D eigenvalue weighted by Gasteiger charge is -2.00. The van der Waals surface area contributed by atoms with Crippen molar-refractivity contribution in [2.45, 2.75) is 27.2 Å². The molecule has 0 saturated carbocycles. The van der Waals surface area contributed by atoms with Crippen molar-refractivity contribution < 1.29 is 4.79 Å². The van der Waals surface area contributed by atoms with Gasteiger partial charge in [0.25, 0.3) is 0 Å². The molecule has 1 rings (SSSR count). The third-order valence-electron chi connectivity index (χ3n) is 1.82. The van der Waals surface area contributed by atoms with Crippen molar-refractivity contribution in [1.29, 1.82) is 0 Å². The number of hydrogen-bond acceptors (Lipinski definition) is 2.